The molecule has 0 atom stereocenters. The molecule has 0 spiro atoms. The van der Waals surface area contributed by atoms with Crippen molar-refractivity contribution in [1.29, 1.82) is 0 Å². The van der Waals surface area contributed by atoms with Crippen molar-refractivity contribution >= 4 is 5.78 Å². The van der Waals surface area contributed by atoms with Crippen LogP contribution in [0.1, 0.15) is 40.7 Å². The van der Waals surface area contributed by atoms with E-state index in [1.807, 2.05) is 6.92 Å². The molecule has 112 valence electrons. The van der Waals surface area contributed by atoms with E-state index in [1.54, 1.807) is 13.0 Å². The van der Waals surface area contributed by atoms with Gasteiger partial charge in [-0.05, 0) is 25.5 Å². The first-order valence-corrected chi connectivity index (χ1v) is 7.10. The molecule has 2 N–H and O–H groups in total. The first-order valence-electron chi connectivity index (χ1n) is 7.10. The lowest BCUT2D eigenvalue weighted by molar-refractivity contribution is 0.104. The first-order chi connectivity index (χ1) is 10.4. The van der Waals surface area contributed by atoms with E-state index in [4.69, 9.17) is 0 Å². The second kappa shape index (κ2) is 4.94. The van der Waals surface area contributed by atoms with Crippen LogP contribution in [0.3, 0.4) is 0 Å². The van der Waals surface area contributed by atoms with Gasteiger partial charge in [0.25, 0.3) is 0 Å². The molecule has 0 bridgehead atoms. The first kappa shape index (κ1) is 14.3. The third-order valence-corrected chi connectivity index (χ3v) is 3.76. The zero-order valence-electron chi connectivity index (χ0n) is 12.3. The summed E-state index contributed by atoms with van der Waals surface area (Å²) in [7, 11) is 0. The highest BCUT2D eigenvalue weighted by atomic mass is 16.3. The third-order valence-electron chi connectivity index (χ3n) is 3.76. The molecular weight excluding hydrogens is 282 g/mol. The highest BCUT2D eigenvalue weighted by Crippen LogP contribution is 2.45. The van der Waals surface area contributed by atoms with Crippen molar-refractivity contribution in [3.8, 4) is 22.6 Å². The van der Waals surface area contributed by atoms with Crippen molar-refractivity contribution in [3.05, 3.63) is 50.9 Å². The Morgan fingerprint density at radius 2 is 1.77 bits per heavy atom. The van der Waals surface area contributed by atoms with Crippen LogP contribution in [0.25, 0.3) is 11.1 Å². The Hall–Kier alpha value is -2.69. The molecule has 5 heteroatoms. The van der Waals surface area contributed by atoms with Gasteiger partial charge in [0, 0.05) is 28.5 Å². The number of pyridine rings is 1. The fourth-order valence-electron chi connectivity index (χ4n) is 2.91. The Balaban J connectivity index is 2.45. The van der Waals surface area contributed by atoms with Crippen LogP contribution >= 0.6 is 0 Å². The van der Waals surface area contributed by atoms with Crippen LogP contribution in [0.2, 0.25) is 0 Å². The average molecular weight is 297 g/mol. The Labute approximate surface area is 126 Å². The summed E-state index contributed by atoms with van der Waals surface area (Å²) >= 11 is 0. The predicted octanol–water partition coefficient (Wildman–Crippen LogP) is 2.33. The zero-order valence-corrected chi connectivity index (χ0v) is 12.3. The molecule has 22 heavy (non-hydrogen) atoms. The lowest BCUT2D eigenvalue weighted by Gasteiger charge is -2.08. The molecule has 0 aliphatic heterocycles. The van der Waals surface area contributed by atoms with Crippen molar-refractivity contribution < 1.29 is 15.0 Å². The summed E-state index contributed by atoms with van der Waals surface area (Å²) in [6, 6.07) is 3.76. The number of hydrogen-bond donors (Lipinski definition) is 2. The number of hydrogen-bond acceptors (Lipinski definition) is 5. The highest BCUT2D eigenvalue weighted by molar-refractivity contribution is 6.23. The quantitative estimate of drug-likeness (QED) is 0.758. The fraction of sp³-hybridized carbons (Fsp3) is 0.235. The minimum Gasteiger partial charge on any atom is -0.504 e. The van der Waals surface area contributed by atoms with Crippen LogP contribution in [-0.2, 0) is 6.42 Å². The van der Waals surface area contributed by atoms with Gasteiger partial charge >= 0.3 is 0 Å². The van der Waals surface area contributed by atoms with Crippen LogP contribution in [-0.4, -0.2) is 21.0 Å². The van der Waals surface area contributed by atoms with Gasteiger partial charge in [-0.25, -0.2) is 0 Å². The third kappa shape index (κ3) is 1.97. The standard InChI is InChI=1S/C17H15NO4/c1-3-4-12-15-10(5-8(2)18-12)14-11(16(15)21)6-9(19)7-13(20)17(14)22/h5-7,20,22H,3-4H2,1-2H3. The lowest BCUT2D eigenvalue weighted by atomic mass is 10.0. The molecule has 0 fully saturated rings. The molecule has 0 saturated carbocycles. The number of aromatic nitrogens is 1. The molecule has 3 rings (SSSR count). The second-order valence-corrected chi connectivity index (χ2v) is 5.43. The molecule has 5 nitrogen and oxygen atoms in total. The van der Waals surface area contributed by atoms with Gasteiger partial charge in [-0.3, -0.25) is 14.6 Å². The summed E-state index contributed by atoms with van der Waals surface area (Å²) in [5.74, 6) is -1.31. The molecule has 2 aromatic rings. The average Bonchev–Trinajstić information content (AvgIpc) is 2.64. The molecule has 0 amide bonds. The minimum atomic E-state index is -0.531. The number of rotatable bonds is 2. The molecule has 0 unspecified atom stereocenters. The van der Waals surface area contributed by atoms with E-state index in [9.17, 15) is 19.8 Å². The maximum absolute atomic E-state index is 12.7. The summed E-state index contributed by atoms with van der Waals surface area (Å²) in [5, 5.41) is 20.0. The minimum absolute atomic E-state index is 0.113. The van der Waals surface area contributed by atoms with E-state index in [2.05, 4.69) is 4.98 Å². The van der Waals surface area contributed by atoms with Crippen molar-refractivity contribution in [2.45, 2.75) is 26.7 Å². The Morgan fingerprint density at radius 3 is 2.45 bits per heavy atom. The molecule has 0 radical (unpaired) electrons. The smallest absolute Gasteiger partial charge is 0.196 e. The van der Waals surface area contributed by atoms with Gasteiger partial charge in [0.15, 0.2) is 22.7 Å². The van der Waals surface area contributed by atoms with Crippen LogP contribution < -0.4 is 5.43 Å². The van der Waals surface area contributed by atoms with Gasteiger partial charge < -0.3 is 10.2 Å². The number of ketones is 1. The maximum atomic E-state index is 12.7. The van der Waals surface area contributed by atoms with Gasteiger partial charge in [-0.2, -0.15) is 0 Å². The van der Waals surface area contributed by atoms with Crippen LogP contribution in [0.4, 0.5) is 0 Å². The van der Waals surface area contributed by atoms with E-state index in [0.29, 0.717) is 23.2 Å². The van der Waals surface area contributed by atoms with Crippen LogP contribution in [0.5, 0.6) is 11.5 Å². The number of nitrogens with zero attached hydrogens (tertiary/aromatic N) is 1. The monoisotopic (exact) mass is 297 g/mol. The van der Waals surface area contributed by atoms with Gasteiger partial charge in [-0.15, -0.1) is 0 Å². The van der Waals surface area contributed by atoms with Crippen molar-refractivity contribution in [1.82, 2.24) is 4.98 Å². The van der Waals surface area contributed by atoms with E-state index in [0.717, 1.165) is 24.2 Å². The fourth-order valence-corrected chi connectivity index (χ4v) is 2.91. The number of carbonyl (C=O) groups excluding carboxylic acids is 1. The maximum Gasteiger partial charge on any atom is 0.196 e. The topological polar surface area (TPSA) is 87.5 Å². The van der Waals surface area contributed by atoms with Crippen LogP contribution in [0, 0.1) is 6.92 Å². The van der Waals surface area contributed by atoms with E-state index < -0.39 is 16.9 Å². The van der Waals surface area contributed by atoms with Gasteiger partial charge in [0.05, 0.1) is 11.3 Å². The SMILES string of the molecule is CCCc1nc(C)cc2c1C(=O)c1cc(=O)cc(O)c(O)c1-2. The summed E-state index contributed by atoms with van der Waals surface area (Å²) in [5.41, 5.74) is 2.12. The Kier molecular flexibility index (Phi) is 3.20. The van der Waals surface area contributed by atoms with Gasteiger partial charge in [-0.1, -0.05) is 13.3 Å². The zero-order chi connectivity index (χ0) is 16.0. The lowest BCUT2D eigenvalue weighted by Crippen LogP contribution is -2.05. The molecule has 1 aromatic heterocycles. The predicted molar refractivity (Wildman–Crippen MR) is 81.4 cm³/mol. The normalized spacial score (nSPS) is 12.2. The largest absolute Gasteiger partial charge is 0.504 e. The van der Waals surface area contributed by atoms with Crippen molar-refractivity contribution in [3.63, 3.8) is 0 Å². The molecule has 0 saturated heterocycles. The number of fused-ring (bicyclic) bond motifs is 3. The van der Waals surface area contributed by atoms with Gasteiger partial charge in [0.2, 0.25) is 0 Å². The molecule has 1 aliphatic carbocycles. The second-order valence-electron chi connectivity index (χ2n) is 5.43. The van der Waals surface area contributed by atoms with E-state index >= 15 is 0 Å². The highest BCUT2D eigenvalue weighted by Gasteiger charge is 2.33. The number of aryl methyl sites for hydroxylation is 2. The summed E-state index contributed by atoms with van der Waals surface area (Å²) in [4.78, 5) is 28.8. The summed E-state index contributed by atoms with van der Waals surface area (Å²) < 4.78 is 0. The van der Waals surface area contributed by atoms with E-state index in [-0.39, 0.29) is 16.9 Å². The van der Waals surface area contributed by atoms with Gasteiger partial charge in [0.1, 0.15) is 0 Å². The molecule has 1 heterocycles. The Bertz CT molecular complexity index is 871. The molecular formula is C17H15NO4. The Morgan fingerprint density at radius 1 is 1.05 bits per heavy atom. The summed E-state index contributed by atoms with van der Waals surface area (Å²) in [6.07, 6.45) is 1.46. The molecule has 1 aliphatic rings. The van der Waals surface area contributed by atoms with Crippen LogP contribution in [0.15, 0.2) is 23.0 Å². The van der Waals surface area contributed by atoms with E-state index in [1.165, 1.54) is 0 Å². The number of aromatic hydroxyl groups is 2. The van der Waals surface area contributed by atoms with Crippen molar-refractivity contribution in [2.75, 3.05) is 0 Å². The number of carbonyl (C=O) groups is 1. The van der Waals surface area contributed by atoms with Crippen molar-refractivity contribution in [2.24, 2.45) is 0 Å². The molecule has 1 aromatic carbocycles. The summed E-state index contributed by atoms with van der Waals surface area (Å²) in [6.45, 7) is 3.79.